The minimum atomic E-state index is -0.910. The average Bonchev–Trinajstić information content (AvgIpc) is 3.61. The first kappa shape index (κ1) is 21.6. The quantitative estimate of drug-likeness (QED) is 0.450. The van der Waals surface area contributed by atoms with Crippen molar-refractivity contribution in [2.75, 3.05) is 6.54 Å². The maximum atomic E-state index is 13.3. The molecule has 4 rings (SSSR count). The molecular weight excluding hydrogens is 392 g/mol. The molecule has 0 unspecified atom stereocenters. The molecule has 2 saturated carbocycles. The van der Waals surface area contributed by atoms with Crippen molar-refractivity contribution in [3.63, 3.8) is 0 Å². The Balaban J connectivity index is 1.37. The van der Waals surface area contributed by atoms with Crippen LogP contribution in [0.1, 0.15) is 79.3 Å². The number of hydrogen-bond acceptors (Lipinski definition) is 1. The van der Waals surface area contributed by atoms with Gasteiger partial charge >= 0.3 is 0 Å². The van der Waals surface area contributed by atoms with Crippen LogP contribution in [0.5, 0.6) is 0 Å². The van der Waals surface area contributed by atoms with Crippen LogP contribution in [0.2, 0.25) is 0 Å². The molecule has 0 aliphatic heterocycles. The predicted molar refractivity (Wildman–Crippen MR) is 119 cm³/mol. The summed E-state index contributed by atoms with van der Waals surface area (Å²) in [5.41, 5.74) is 2.01. The van der Waals surface area contributed by atoms with Gasteiger partial charge < -0.3 is 5.32 Å². The van der Waals surface area contributed by atoms with Crippen LogP contribution in [0.3, 0.4) is 0 Å². The molecule has 1 N–H and O–H groups in total. The Morgan fingerprint density at radius 3 is 2.19 bits per heavy atom. The van der Waals surface area contributed by atoms with Gasteiger partial charge in [0.25, 0.3) is 5.91 Å². The summed E-state index contributed by atoms with van der Waals surface area (Å²) < 4.78 is 26.3. The Kier molecular flexibility index (Phi) is 6.70. The molecule has 2 aliphatic rings. The summed E-state index contributed by atoms with van der Waals surface area (Å²) >= 11 is 0. The van der Waals surface area contributed by atoms with Gasteiger partial charge in [0.1, 0.15) is 0 Å². The first-order chi connectivity index (χ1) is 15.0. The molecule has 0 bridgehead atoms. The summed E-state index contributed by atoms with van der Waals surface area (Å²) in [4.78, 5) is 12.8. The van der Waals surface area contributed by atoms with Gasteiger partial charge in [0.15, 0.2) is 11.6 Å². The van der Waals surface area contributed by atoms with Gasteiger partial charge in [-0.25, -0.2) is 8.78 Å². The van der Waals surface area contributed by atoms with E-state index in [1.165, 1.54) is 63.9 Å². The lowest BCUT2D eigenvalue weighted by molar-refractivity contribution is 0.0914. The van der Waals surface area contributed by atoms with Crippen molar-refractivity contribution in [3.05, 3.63) is 70.8 Å². The van der Waals surface area contributed by atoms with Gasteiger partial charge in [0.2, 0.25) is 0 Å². The van der Waals surface area contributed by atoms with E-state index in [9.17, 15) is 13.6 Å². The number of nitrogens with one attached hydrogen (secondary N) is 1. The predicted octanol–water partition coefficient (Wildman–Crippen LogP) is 6.24. The van der Waals surface area contributed by atoms with Crippen LogP contribution >= 0.6 is 0 Å². The molecule has 1 amide bonds. The summed E-state index contributed by atoms with van der Waals surface area (Å²) in [5, 5.41) is 3.21. The third-order valence-corrected chi connectivity index (χ3v) is 6.62. The lowest BCUT2D eigenvalue weighted by Gasteiger charge is -2.33. The van der Waals surface area contributed by atoms with Crippen molar-refractivity contribution < 1.29 is 13.6 Å². The van der Waals surface area contributed by atoms with Crippen LogP contribution in [0.4, 0.5) is 8.78 Å². The molecule has 2 aliphatic carbocycles. The normalized spacial score (nSPS) is 17.9. The van der Waals surface area contributed by atoms with E-state index < -0.39 is 11.6 Å². The Morgan fingerprint density at radius 1 is 0.903 bits per heavy atom. The molecule has 2 fully saturated rings. The van der Waals surface area contributed by atoms with Gasteiger partial charge in [-0.05, 0) is 73.1 Å². The molecule has 0 heterocycles. The lowest BCUT2D eigenvalue weighted by atomic mass is 9.75. The third kappa shape index (κ3) is 5.94. The molecule has 0 aromatic heterocycles. The summed E-state index contributed by atoms with van der Waals surface area (Å²) in [6.45, 7) is 0.764. The number of rotatable bonds is 5. The molecule has 0 radical (unpaired) electrons. The summed E-state index contributed by atoms with van der Waals surface area (Å²) in [5.74, 6) is 4.78. The fourth-order valence-electron chi connectivity index (χ4n) is 4.66. The van der Waals surface area contributed by atoms with E-state index in [-0.39, 0.29) is 11.3 Å². The minimum Gasteiger partial charge on any atom is -0.351 e. The highest BCUT2D eigenvalue weighted by atomic mass is 19.2. The van der Waals surface area contributed by atoms with Crippen molar-refractivity contribution in [2.24, 2.45) is 11.3 Å². The zero-order chi connectivity index (χ0) is 21.7. The fourth-order valence-corrected chi connectivity index (χ4v) is 4.66. The fraction of sp³-hybridized carbons (Fsp3) is 0.444. The highest BCUT2D eigenvalue weighted by molar-refractivity contribution is 5.94. The zero-order valence-electron chi connectivity index (χ0n) is 17.9. The molecular formula is C27H29F2NO. The maximum absolute atomic E-state index is 13.3. The second-order valence-electron chi connectivity index (χ2n) is 9.20. The second-order valence-corrected chi connectivity index (χ2v) is 9.20. The van der Waals surface area contributed by atoms with Gasteiger partial charge in [0.05, 0.1) is 0 Å². The smallest absolute Gasteiger partial charge is 0.251 e. The van der Waals surface area contributed by atoms with Gasteiger partial charge in [0, 0.05) is 23.2 Å². The third-order valence-electron chi connectivity index (χ3n) is 6.62. The van der Waals surface area contributed by atoms with E-state index in [4.69, 9.17) is 0 Å². The van der Waals surface area contributed by atoms with E-state index in [2.05, 4.69) is 17.2 Å². The first-order valence-electron chi connectivity index (χ1n) is 11.4. The van der Waals surface area contributed by atoms with Crippen LogP contribution in [-0.2, 0) is 0 Å². The van der Waals surface area contributed by atoms with Gasteiger partial charge in [-0.1, -0.05) is 50.4 Å². The van der Waals surface area contributed by atoms with E-state index in [0.29, 0.717) is 11.1 Å². The van der Waals surface area contributed by atoms with E-state index >= 15 is 0 Å². The van der Waals surface area contributed by atoms with E-state index in [1.807, 2.05) is 0 Å². The van der Waals surface area contributed by atoms with Crippen LogP contribution in [0.25, 0.3) is 0 Å². The summed E-state index contributed by atoms with van der Waals surface area (Å²) in [6, 6.07) is 10.7. The van der Waals surface area contributed by atoms with Crippen molar-refractivity contribution >= 4 is 5.91 Å². The topological polar surface area (TPSA) is 29.1 Å². The lowest BCUT2D eigenvalue weighted by Crippen LogP contribution is -2.38. The molecule has 0 spiro atoms. The van der Waals surface area contributed by atoms with Gasteiger partial charge in [-0.15, -0.1) is 0 Å². The van der Waals surface area contributed by atoms with E-state index in [1.54, 1.807) is 24.3 Å². The highest BCUT2D eigenvalue weighted by Gasteiger charge is 2.37. The number of carbonyl (C=O) groups is 1. The van der Waals surface area contributed by atoms with Crippen molar-refractivity contribution in [1.82, 2.24) is 5.32 Å². The first-order valence-corrected chi connectivity index (χ1v) is 11.4. The Hall–Kier alpha value is -2.67. The molecule has 2 aromatic rings. The Labute approximate surface area is 183 Å². The average molecular weight is 422 g/mol. The number of halogens is 2. The van der Waals surface area contributed by atoms with Crippen molar-refractivity contribution in [1.29, 1.82) is 0 Å². The SMILES string of the molecule is O=C(NCC1(CC2CC2)CCCCCC1)c1ccc(C#Cc2ccc(F)c(F)c2)cc1. The standard InChI is InChI=1S/C27H29F2NO/c28-24-14-11-21(17-25(24)29)6-5-20-9-12-23(13-10-20)26(31)30-19-27(18-22-7-8-22)15-3-1-2-4-16-27/h9-14,17,22H,1-4,7-8,15-16,18-19H2,(H,30,31). The number of amides is 1. The van der Waals surface area contributed by atoms with Crippen LogP contribution in [-0.4, -0.2) is 12.5 Å². The highest BCUT2D eigenvalue weighted by Crippen LogP contribution is 2.46. The molecule has 31 heavy (non-hydrogen) atoms. The molecule has 0 saturated heterocycles. The summed E-state index contributed by atoms with van der Waals surface area (Å²) in [6.07, 6.45) is 11.6. The van der Waals surface area contributed by atoms with Crippen LogP contribution < -0.4 is 5.32 Å². The monoisotopic (exact) mass is 421 g/mol. The molecule has 4 heteroatoms. The maximum Gasteiger partial charge on any atom is 0.251 e. The molecule has 2 nitrogen and oxygen atoms in total. The summed E-state index contributed by atoms with van der Waals surface area (Å²) in [7, 11) is 0. The Morgan fingerprint density at radius 2 is 1.55 bits per heavy atom. The Bertz CT molecular complexity index is 975. The number of benzene rings is 2. The number of hydrogen-bond donors (Lipinski definition) is 1. The van der Waals surface area contributed by atoms with Crippen molar-refractivity contribution in [3.8, 4) is 11.8 Å². The molecule has 162 valence electrons. The van der Waals surface area contributed by atoms with Crippen molar-refractivity contribution in [2.45, 2.75) is 57.8 Å². The van der Waals surface area contributed by atoms with Gasteiger partial charge in [-0.3, -0.25) is 4.79 Å². The minimum absolute atomic E-state index is 0.0421. The van der Waals surface area contributed by atoms with Crippen LogP contribution in [0.15, 0.2) is 42.5 Å². The zero-order valence-corrected chi connectivity index (χ0v) is 17.9. The molecule has 0 atom stereocenters. The second kappa shape index (κ2) is 9.64. The largest absolute Gasteiger partial charge is 0.351 e. The number of carbonyl (C=O) groups excluding carboxylic acids is 1. The van der Waals surface area contributed by atoms with E-state index in [0.717, 1.165) is 30.2 Å². The van der Waals surface area contributed by atoms with Gasteiger partial charge in [-0.2, -0.15) is 0 Å². The van der Waals surface area contributed by atoms with Crippen LogP contribution in [0, 0.1) is 34.8 Å². The molecule has 2 aromatic carbocycles.